The van der Waals surface area contributed by atoms with E-state index in [0.29, 0.717) is 6.42 Å². The topological polar surface area (TPSA) is 60.7 Å². The third-order valence-electron chi connectivity index (χ3n) is 6.12. The Morgan fingerprint density at radius 2 is 0.690 bits per heavy atom. The van der Waals surface area contributed by atoms with Gasteiger partial charge in [-0.05, 0) is 26.2 Å². The first-order valence-corrected chi connectivity index (χ1v) is 13.1. The third kappa shape index (κ3) is 25.8. The highest BCUT2D eigenvalue weighted by molar-refractivity contribution is 4.56. The molecule has 0 saturated carbocycles. The van der Waals surface area contributed by atoms with Gasteiger partial charge in [0, 0.05) is 6.61 Å². The molecule has 2 atom stereocenters. The van der Waals surface area contributed by atoms with E-state index in [2.05, 4.69) is 0 Å². The van der Waals surface area contributed by atoms with E-state index in [1.54, 1.807) is 0 Å². The summed E-state index contributed by atoms with van der Waals surface area (Å²) in [6.45, 7) is 1.99. The van der Waals surface area contributed by atoms with E-state index in [0.717, 1.165) is 19.3 Å². The van der Waals surface area contributed by atoms with Crippen molar-refractivity contribution in [3.05, 3.63) is 0 Å². The first-order valence-electron chi connectivity index (χ1n) is 13.1. The van der Waals surface area contributed by atoms with Crippen molar-refractivity contribution in [3.8, 4) is 0 Å². The molecule has 0 bridgehead atoms. The van der Waals surface area contributed by atoms with Crippen LogP contribution in [0.25, 0.3) is 0 Å². The minimum absolute atomic E-state index is 0.105. The van der Waals surface area contributed by atoms with Crippen molar-refractivity contribution in [1.29, 1.82) is 0 Å². The molecule has 0 aromatic carbocycles. The van der Waals surface area contributed by atoms with E-state index in [-0.39, 0.29) is 18.8 Å². The van der Waals surface area contributed by atoms with Crippen LogP contribution in [0.2, 0.25) is 0 Å². The van der Waals surface area contributed by atoms with Crippen LogP contribution in [0, 0.1) is 0 Å². The molecule has 0 aromatic rings. The molecule has 0 aromatic heterocycles. The first kappa shape index (κ1) is 28.9. The van der Waals surface area contributed by atoms with Crippen LogP contribution in [-0.2, 0) is 0 Å². The number of rotatable bonds is 24. The minimum atomic E-state index is -0.295. The Bertz CT molecular complexity index is 294. The molecule has 0 aliphatic carbocycles. The summed E-state index contributed by atoms with van der Waals surface area (Å²) in [5.41, 5.74) is 0. The van der Waals surface area contributed by atoms with E-state index in [9.17, 15) is 10.2 Å². The molecule has 176 valence electrons. The molecule has 0 aliphatic heterocycles. The van der Waals surface area contributed by atoms with Crippen molar-refractivity contribution in [3.63, 3.8) is 0 Å². The quantitative estimate of drug-likeness (QED) is 0.145. The van der Waals surface area contributed by atoms with Crippen LogP contribution in [0.4, 0.5) is 0 Å². The van der Waals surface area contributed by atoms with Crippen molar-refractivity contribution in [2.45, 2.75) is 160 Å². The van der Waals surface area contributed by atoms with Crippen molar-refractivity contribution in [2.75, 3.05) is 6.61 Å². The maximum atomic E-state index is 9.55. The molecule has 3 nitrogen and oxygen atoms in total. The van der Waals surface area contributed by atoms with Crippen molar-refractivity contribution in [1.82, 2.24) is 0 Å². The normalized spacial score (nSPS) is 13.7. The summed E-state index contributed by atoms with van der Waals surface area (Å²) in [6, 6.07) is 0. The summed E-state index contributed by atoms with van der Waals surface area (Å²) < 4.78 is 0. The van der Waals surface area contributed by atoms with Gasteiger partial charge in [-0.3, -0.25) is 0 Å². The van der Waals surface area contributed by atoms with Gasteiger partial charge in [-0.25, -0.2) is 0 Å². The lowest BCUT2D eigenvalue weighted by molar-refractivity contribution is 0.122. The number of aliphatic hydroxyl groups is 3. The van der Waals surface area contributed by atoms with E-state index < -0.39 is 0 Å². The van der Waals surface area contributed by atoms with Gasteiger partial charge in [0.15, 0.2) is 0 Å². The van der Waals surface area contributed by atoms with Gasteiger partial charge >= 0.3 is 0 Å². The second-order valence-electron chi connectivity index (χ2n) is 9.31. The van der Waals surface area contributed by atoms with Crippen LogP contribution in [0.5, 0.6) is 0 Å². The van der Waals surface area contributed by atoms with E-state index in [1.165, 1.54) is 116 Å². The Kier molecular flexibility index (Phi) is 24.1. The van der Waals surface area contributed by atoms with Crippen LogP contribution >= 0.6 is 0 Å². The predicted molar refractivity (Wildman–Crippen MR) is 126 cm³/mol. The SMILES string of the molecule is CC(O)CCCCCCCCCCCCCCCCCCCCCC(O)CCO. The van der Waals surface area contributed by atoms with Crippen LogP contribution in [0.3, 0.4) is 0 Å². The van der Waals surface area contributed by atoms with E-state index >= 15 is 0 Å². The zero-order valence-electron chi connectivity index (χ0n) is 19.8. The maximum absolute atomic E-state index is 9.55. The third-order valence-corrected chi connectivity index (χ3v) is 6.12. The van der Waals surface area contributed by atoms with Gasteiger partial charge in [0.25, 0.3) is 0 Å². The average Bonchev–Trinajstić information content (AvgIpc) is 2.69. The van der Waals surface area contributed by atoms with E-state index in [4.69, 9.17) is 5.11 Å². The van der Waals surface area contributed by atoms with Crippen molar-refractivity contribution < 1.29 is 15.3 Å². The molecular formula is C26H54O3. The van der Waals surface area contributed by atoms with Crippen LogP contribution in [0.1, 0.15) is 148 Å². The highest BCUT2D eigenvalue weighted by Gasteiger charge is 2.02. The van der Waals surface area contributed by atoms with Gasteiger partial charge in [-0.1, -0.05) is 122 Å². The smallest absolute Gasteiger partial charge is 0.0562 e. The van der Waals surface area contributed by atoms with Crippen molar-refractivity contribution in [2.24, 2.45) is 0 Å². The Labute approximate surface area is 182 Å². The number of unbranched alkanes of at least 4 members (excludes halogenated alkanes) is 18. The molecule has 0 spiro atoms. The number of aliphatic hydroxyl groups excluding tert-OH is 3. The van der Waals surface area contributed by atoms with Gasteiger partial charge in [0.1, 0.15) is 0 Å². The van der Waals surface area contributed by atoms with Gasteiger partial charge in [-0.15, -0.1) is 0 Å². The van der Waals surface area contributed by atoms with Crippen LogP contribution < -0.4 is 0 Å². The highest BCUT2D eigenvalue weighted by atomic mass is 16.3. The Morgan fingerprint density at radius 1 is 0.414 bits per heavy atom. The first-order chi connectivity index (χ1) is 14.2. The number of hydrogen-bond acceptors (Lipinski definition) is 3. The molecule has 0 radical (unpaired) electrons. The summed E-state index contributed by atoms with van der Waals surface area (Å²) in [5.74, 6) is 0. The summed E-state index contributed by atoms with van der Waals surface area (Å²) in [6.07, 6.45) is 27.7. The van der Waals surface area contributed by atoms with Crippen molar-refractivity contribution >= 4 is 0 Å². The molecule has 0 heterocycles. The molecule has 2 unspecified atom stereocenters. The minimum Gasteiger partial charge on any atom is -0.396 e. The molecule has 29 heavy (non-hydrogen) atoms. The fraction of sp³-hybridized carbons (Fsp3) is 1.00. The van der Waals surface area contributed by atoms with Gasteiger partial charge in [0.05, 0.1) is 12.2 Å². The summed E-state index contributed by atoms with van der Waals surface area (Å²) in [7, 11) is 0. The molecule has 0 fully saturated rings. The summed E-state index contributed by atoms with van der Waals surface area (Å²) in [5, 5.41) is 27.5. The second kappa shape index (κ2) is 24.2. The van der Waals surface area contributed by atoms with Crippen LogP contribution in [-0.4, -0.2) is 34.1 Å². The largest absolute Gasteiger partial charge is 0.396 e. The summed E-state index contributed by atoms with van der Waals surface area (Å²) in [4.78, 5) is 0. The lowest BCUT2D eigenvalue weighted by atomic mass is 10.0. The molecule has 0 aliphatic rings. The molecule has 3 heteroatoms. The monoisotopic (exact) mass is 414 g/mol. The van der Waals surface area contributed by atoms with Gasteiger partial charge in [-0.2, -0.15) is 0 Å². The lowest BCUT2D eigenvalue weighted by Crippen LogP contribution is -2.08. The maximum Gasteiger partial charge on any atom is 0.0562 e. The second-order valence-corrected chi connectivity index (χ2v) is 9.31. The van der Waals surface area contributed by atoms with Crippen LogP contribution in [0.15, 0.2) is 0 Å². The van der Waals surface area contributed by atoms with Gasteiger partial charge < -0.3 is 15.3 Å². The number of hydrogen-bond donors (Lipinski definition) is 3. The van der Waals surface area contributed by atoms with Gasteiger partial charge in [0.2, 0.25) is 0 Å². The Balaban J connectivity index is 3.03. The Hall–Kier alpha value is -0.120. The molecule has 0 saturated heterocycles. The standard InChI is InChI=1S/C26H54O3/c1-25(28)21-19-17-15-13-11-9-7-5-3-2-4-6-8-10-12-14-16-18-20-22-26(29)23-24-27/h25-29H,2-24H2,1H3. The fourth-order valence-electron chi connectivity index (χ4n) is 4.12. The lowest BCUT2D eigenvalue weighted by Gasteiger charge is -2.08. The highest BCUT2D eigenvalue weighted by Crippen LogP contribution is 2.15. The zero-order chi connectivity index (χ0) is 21.4. The molecule has 0 amide bonds. The Morgan fingerprint density at radius 3 is 0.966 bits per heavy atom. The molecule has 0 rings (SSSR count). The van der Waals surface area contributed by atoms with E-state index in [1.807, 2.05) is 6.92 Å². The molecular weight excluding hydrogens is 360 g/mol. The molecule has 3 N–H and O–H groups in total. The fourth-order valence-corrected chi connectivity index (χ4v) is 4.12. The summed E-state index contributed by atoms with van der Waals surface area (Å²) >= 11 is 0. The average molecular weight is 415 g/mol. The zero-order valence-corrected chi connectivity index (χ0v) is 19.8. The predicted octanol–water partition coefficient (Wildman–Crippen LogP) is 7.30.